The van der Waals surface area contributed by atoms with Crippen molar-refractivity contribution in [3.05, 3.63) is 0 Å². The van der Waals surface area contributed by atoms with E-state index in [0.29, 0.717) is 6.54 Å². The summed E-state index contributed by atoms with van der Waals surface area (Å²) in [5, 5.41) is 0. The van der Waals surface area contributed by atoms with Crippen molar-refractivity contribution in [2.45, 2.75) is 26.3 Å². The molecule has 1 heterocycles. The molecule has 88 valence electrons. The highest BCUT2D eigenvalue weighted by Gasteiger charge is 2.24. The molecule has 1 amide bonds. The van der Waals surface area contributed by atoms with Gasteiger partial charge in [-0.2, -0.15) is 0 Å². The van der Waals surface area contributed by atoms with Gasteiger partial charge in [0.1, 0.15) is 0 Å². The maximum Gasteiger partial charge on any atom is 0.236 e. The molecule has 0 aromatic rings. The summed E-state index contributed by atoms with van der Waals surface area (Å²) in [5.74, 6) is 0.185. The summed E-state index contributed by atoms with van der Waals surface area (Å²) in [4.78, 5) is 15.9. The molecule has 0 aliphatic carbocycles. The summed E-state index contributed by atoms with van der Waals surface area (Å²) >= 11 is 0. The van der Waals surface area contributed by atoms with E-state index in [1.165, 1.54) is 0 Å². The van der Waals surface area contributed by atoms with Gasteiger partial charge in [0.2, 0.25) is 5.91 Å². The summed E-state index contributed by atoms with van der Waals surface area (Å²) in [6, 6.07) is 0. The predicted octanol–water partition coefficient (Wildman–Crippen LogP) is 0.575. The molecule has 15 heavy (non-hydrogen) atoms. The Kier molecular flexibility index (Phi) is 4.11. The molecule has 1 fully saturated rings. The Labute approximate surface area is 92.2 Å². The summed E-state index contributed by atoms with van der Waals surface area (Å²) in [6.07, 6.45) is 0. The molecule has 1 rings (SSSR count). The van der Waals surface area contributed by atoms with E-state index in [0.717, 1.165) is 26.3 Å². The fourth-order valence-corrected chi connectivity index (χ4v) is 1.43. The van der Waals surface area contributed by atoms with Gasteiger partial charge in [0.05, 0.1) is 19.8 Å². The van der Waals surface area contributed by atoms with Crippen molar-refractivity contribution >= 4 is 5.91 Å². The van der Waals surface area contributed by atoms with Gasteiger partial charge >= 0.3 is 0 Å². The lowest BCUT2D eigenvalue weighted by molar-refractivity contribution is -0.136. The standard InChI is InChI=1S/C11H22N2O2/c1-11(2,3)12(4)10(14)9-13-5-7-15-8-6-13/h5-9H2,1-4H3. The molecular formula is C11H22N2O2. The van der Waals surface area contributed by atoms with Gasteiger partial charge in [-0.3, -0.25) is 9.69 Å². The Morgan fingerprint density at radius 3 is 2.33 bits per heavy atom. The molecule has 4 heteroatoms. The quantitative estimate of drug-likeness (QED) is 0.674. The van der Waals surface area contributed by atoms with Crippen LogP contribution in [0.2, 0.25) is 0 Å². The molecule has 0 unspecified atom stereocenters. The highest BCUT2D eigenvalue weighted by atomic mass is 16.5. The Balaban J connectivity index is 2.40. The highest BCUT2D eigenvalue weighted by Crippen LogP contribution is 2.11. The number of morpholine rings is 1. The summed E-state index contributed by atoms with van der Waals surface area (Å²) < 4.78 is 5.24. The fourth-order valence-electron chi connectivity index (χ4n) is 1.43. The van der Waals surface area contributed by atoms with Crippen LogP contribution in [0, 0.1) is 0 Å². The molecule has 0 N–H and O–H groups in total. The van der Waals surface area contributed by atoms with Crippen molar-refractivity contribution in [2.75, 3.05) is 39.9 Å². The van der Waals surface area contributed by atoms with Crippen LogP contribution in [0.3, 0.4) is 0 Å². The van der Waals surface area contributed by atoms with Gasteiger partial charge in [0.25, 0.3) is 0 Å². The SMILES string of the molecule is CN(C(=O)CN1CCOCC1)C(C)(C)C. The normalized spacial score (nSPS) is 18.9. The Bertz CT molecular complexity index is 217. The number of hydrogen-bond acceptors (Lipinski definition) is 3. The molecule has 1 aliphatic rings. The number of rotatable bonds is 2. The maximum absolute atomic E-state index is 11.9. The second-order valence-corrected chi connectivity index (χ2v) is 5.01. The lowest BCUT2D eigenvalue weighted by atomic mass is 10.1. The van der Waals surface area contributed by atoms with Crippen LogP contribution in [0.5, 0.6) is 0 Å². The first-order chi connectivity index (χ1) is 6.91. The molecular weight excluding hydrogens is 192 g/mol. The third-order valence-corrected chi connectivity index (χ3v) is 2.84. The van der Waals surface area contributed by atoms with Crippen LogP contribution in [0.15, 0.2) is 0 Å². The summed E-state index contributed by atoms with van der Waals surface area (Å²) in [7, 11) is 1.86. The van der Waals surface area contributed by atoms with E-state index in [4.69, 9.17) is 4.74 Å². The highest BCUT2D eigenvalue weighted by molar-refractivity contribution is 5.78. The number of hydrogen-bond donors (Lipinski definition) is 0. The lowest BCUT2D eigenvalue weighted by Gasteiger charge is -2.34. The topological polar surface area (TPSA) is 32.8 Å². The molecule has 4 nitrogen and oxygen atoms in total. The first kappa shape index (κ1) is 12.5. The zero-order valence-electron chi connectivity index (χ0n) is 10.2. The largest absolute Gasteiger partial charge is 0.379 e. The second kappa shape index (κ2) is 4.94. The number of likely N-dealkylation sites (N-methyl/N-ethyl adjacent to an activating group) is 1. The number of carbonyl (C=O) groups excluding carboxylic acids is 1. The average Bonchev–Trinajstić information content (AvgIpc) is 2.16. The Hall–Kier alpha value is -0.610. The first-order valence-corrected chi connectivity index (χ1v) is 5.48. The average molecular weight is 214 g/mol. The third-order valence-electron chi connectivity index (χ3n) is 2.84. The molecule has 1 aliphatic heterocycles. The van der Waals surface area contributed by atoms with E-state index in [9.17, 15) is 4.79 Å². The third kappa shape index (κ3) is 3.80. The number of amides is 1. The molecule has 0 radical (unpaired) electrons. The van der Waals surface area contributed by atoms with Gasteiger partial charge < -0.3 is 9.64 Å². The minimum absolute atomic E-state index is 0.0939. The molecule has 0 aromatic heterocycles. The van der Waals surface area contributed by atoms with Crippen molar-refractivity contribution in [2.24, 2.45) is 0 Å². The maximum atomic E-state index is 11.9. The Morgan fingerprint density at radius 2 is 1.87 bits per heavy atom. The van der Waals surface area contributed by atoms with Gasteiger partial charge in [0.15, 0.2) is 0 Å². The molecule has 0 atom stereocenters. The Morgan fingerprint density at radius 1 is 1.33 bits per heavy atom. The smallest absolute Gasteiger partial charge is 0.236 e. The van der Waals surface area contributed by atoms with E-state index in [1.54, 1.807) is 0 Å². The monoisotopic (exact) mass is 214 g/mol. The lowest BCUT2D eigenvalue weighted by Crippen LogP contribution is -2.49. The zero-order chi connectivity index (χ0) is 11.5. The van der Waals surface area contributed by atoms with E-state index in [-0.39, 0.29) is 11.4 Å². The molecule has 0 bridgehead atoms. The van der Waals surface area contributed by atoms with Gasteiger partial charge in [-0.05, 0) is 20.8 Å². The van der Waals surface area contributed by atoms with Gasteiger partial charge in [-0.1, -0.05) is 0 Å². The van der Waals surface area contributed by atoms with Gasteiger partial charge in [-0.25, -0.2) is 0 Å². The summed E-state index contributed by atoms with van der Waals surface area (Å²) in [6.45, 7) is 9.86. The molecule has 0 aromatic carbocycles. The van der Waals surface area contributed by atoms with Gasteiger partial charge in [-0.15, -0.1) is 0 Å². The van der Waals surface area contributed by atoms with Crippen molar-refractivity contribution in [1.29, 1.82) is 0 Å². The fraction of sp³-hybridized carbons (Fsp3) is 0.909. The molecule has 0 spiro atoms. The summed E-state index contributed by atoms with van der Waals surface area (Å²) in [5.41, 5.74) is -0.0939. The first-order valence-electron chi connectivity index (χ1n) is 5.48. The van der Waals surface area contributed by atoms with Crippen LogP contribution in [-0.4, -0.2) is 61.1 Å². The predicted molar refractivity (Wildman–Crippen MR) is 59.8 cm³/mol. The van der Waals surface area contributed by atoms with Crippen LogP contribution in [0.25, 0.3) is 0 Å². The van der Waals surface area contributed by atoms with Crippen LogP contribution in [0.4, 0.5) is 0 Å². The van der Waals surface area contributed by atoms with Crippen molar-refractivity contribution in [1.82, 2.24) is 9.80 Å². The zero-order valence-corrected chi connectivity index (χ0v) is 10.2. The number of carbonyl (C=O) groups is 1. The van der Waals surface area contributed by atoms with Gasteiger partial charge in [0, 0.05) is 25.7 Å². The van der Waals surface area contributed by atoms with E-state index in [1.807, 2.05) is 32.7 Å². The van der Waals surface area contributed by atoms with Crippen LogP contribution in [0.1, 0.15) is 20.8 Å². The van der Waals surface area contributed by atoms with Crippen molar-refractivity contribution in [3.63, 3.8) is 0 Å². The van der Waals surface area contributed by atoms with Crippen molar-refractivity contribution in [3.8, 4) is 0 Å². The minimum Gasteiger partial charge on any atom is -0.379 e. The second-order valence-electron chi connectivity index (χ2n) is 5.01. The van der Waals surface area contributed by atoms with Crippen LogP contribution in [-0.2, 0) is 9.53 Å². The van der Waals surface area contributed by atoms with E-state index >= 15 is 0 Å². The molecule has 1 saturated heterocycles. The number of ether oxygens (including phenoxy) is 1. The molecule has 0 saturated carbocycles. The minimum atomic E-state index is -0.0939. The van der Waals surface area contributed by atoms with E-state index in [2.05, 4.69) is 4.90 Å². The van der Waals surface area contributed by atoms with Crippen LogP contribution < -0.4 is 0 Å². The van der Waals surface area contributed by atoms with Crippen molar-refractivity contribution < 1.29 is 9.53 Å². The number of nitrogens with zero attached hydrogens (tertiary/aromatic N) is 2. The van der Waals surface area contributed by atoms with Crippen LogP contribution >= 0.6 is 0 Å². The van der Waals surface area contributed by atoms with E-state index < -0.39 is 0 Å².